The van der Waals surface area contributed by atoms with Crippen molar-refractivity contribution >= 4 is 17.8 Å². The van der Waals surface area contributed by atoms with E-state index in [2.05, 4.69) is 5.32 Å². The normalized spacial score (nSPS) is 22.7. The van der Waals surface area contributed by atoms with E-state index in [1.54, 1.807) is 18.9 Å². The average molecular weight is 373 g/mol. The first-order valence-corrected chi connectivity index (χ1v) is 9.48. The predicted molar refractivity (Wildman–Crippen MR) is 100 cm³/mol. The van der Waals surface area contributed by atoms with Crippen LogP contribution in [0.3, 0.4) is 0 Å². The summed E-state index contributed by atoms with van der Waals surface area (Å²) < 4.78 is 5.15. The first kappa shape index (κ1) is 19.2. The number of benzene rings is 1. The van der Waals surface area contributed by atoms with Crippen LogP contribution in [0.5, 0.6) is 5.75 Å². The molecule has 0 spiro atoms. The molecule has 1 aromatic rings. The number of ether oxygens (including phenoxy) is 1. The lowest BCUT2D eigenvalue weighted by atomic mass is 9.93. The molecule has 0 aliphatic carbocycles. The largest absolute Gasteiger partial charge is 0.497 e. The van der Waals surface area contributed by atoms with Gasteiger partial charge in [-0.2, -0.15) is 0 Å². The molecule has 146 valence electrons. The van der Waals surface area contributed by atoms with E-state index in [9.17, 15) is 14.4 Å². The van der Waals surface area contributed by atoms with E-state index in [1.807, 2.05) is 24.3 Å². The van der Waals surface area contributed by atoms with E-state index in [-0.39, 0.29) is 18.4 Å². The third-order valence-corrected chi connectivity index (χ3v) is 5.42. The summed E-state index contributed by atoms with van der Waals surface area (Å²) in [6.45, 7) is 2.96. The molecule has 2 aliphatic rings. The van der Waals surface area contributed by atoms with Crippen molar-refractivity contribution in [3.8, 4) is 5.75 Å². The van der Waals surface area contributed by atoms with Gasteiger partial charge in [0.2, 0.25) is 5.91 Å². The van der Waals surface area contributed by atoms with Crippen molar-refractivity contribution in [2.75, 3.05) is 26.7 Å². The second kappa shape index (κ2) is 7.98. The number of carbonyl (C=O) groups is 3. The van der Waals surface area contributed by atoms with Crippen molar-refractivity contribution in [3.63, 3.8) is 0 Å². The Balaban J connectivity index is 1.60. The number of imide groups is 1. The standard InChI is InChI=1S/C20H27N3O4/c1-20(11-10-15-6-8-16(27-2)9-7-15)18(25)23(19(26)21-20)14-17(24)22-12-4-3-5-13-22/h6-9H,3-5,10-14H2,1-2H3,(H,21,26)/t20-/m0/s1. The van der Waals surface area contributed by atoms with Crippen molar-refractivity contribution in [1.29, 1.82) is 0 Å². The Bertz CT molecular complexity index is 712. The molecule has 27 heavy (non-hydrogen) atoms. The van der Waals surface area contributed by atoms with Crippen LogP contribution in [0.25, 0.3) is 0 Å². The van der Waals surface area contributed by atoms with Crippen LogP contribution in [0.2, 0.25) is 0 Å². The number of rotatable bonds is 6. The Morgan fingerprint density at radius 2 is 1.81 bits per heavy atom. The van der Waals surface area contributed by atoms with E-state index in [0.29, 0.717) is 25.9 Å². The van der Waals surface area contributed by atoms with Gasteiger partial charge in [-0.3, -0.25) is 14.5 Å². The summed E-state index contributed by atoms with van der Waals surface area (Å²) in [6, 6.07) is 7.15. The molecule has 3 rings (SSSR count). The summed E-state index contributed by atoms with van der Waals surface area (Å²) >= 11 is 0. The highest BCUT2D eigenvalue weighted by Crippen LogP contribution is 2.24. The number of hydrogen-bond donors (Lipinski definition) is 1. The van der Waals surface area contributed by atoms with Crippen LogP contribution in [0, 0.1) is 0 Å². The Kier molecular flexibility index (Phi) is 5.68. The number of aryl methyl sites for hydroxylation is 1. The molecule has 7 heteroatoms. The number of hydrogen-bond acceptors (Lipinski definition) is 4. The number of nitrogens with one attached hydrogen (secondary N) is 1. The number of piperidine rings is 1. The van der Waals surface area contributed by atoms with Crippen LogP contribution in [-0.4, -0.2) is 59.9 Å². The van der Waals surface area contributed by atoms with E-state index in [4.69, 9.17) is 4.74 Å². The highest BCUT2D eigenvalue weighted by Gasteiger charge is 2.48. The Morgan fingerprint density at radius 3 is 2.44 bits per heavy atom. The Morgan fingerprint density at radius 1 is 1.15 bits per heavy atom. The van der Waals surface area contributed by atoms with Crippen LogP contribution >= 0.6 is 0 Å². The van der Waals surface area contributed by atoms with E-state index in [0.717, 1.165) is 35.5 Å². The van der Waals surface area contributed by atoms with E-state index in [1.165, 1.54) is 0 Å². The zero-order valence-corrected chi connectivity index (χ0v) is 16.0. The summed E-state index contributed by atoms with van der Waals surface area (Å²) in [6.07, 6.45) is 4.19. The average Bonchev–Trinajstić information content (AvgIpc) is 2.91. The van der Waals surface area contributed by atoms with Gasteiger partial charge in [0.05, 0.1) is 7.11 Å². The van der Waals surface area contributed by atoms with Gasteiger partial charge in [-0.15, -0.1) is 0 Å². The lowest BCUT2D eigenvalue weighted by molar-refractivity contribution is -0.139. The Labute approximate surface area is 159 Å². The molecular formula is C20H27N3O4. The fourth-order valence-electron chi connectivity index (χ4n) is 3.63. The van der Waals surface area contributed by atoms with Crippen LogP contribution in [-0.2, 0) is 16.0 Å². The molecule has 1 N–H and O–H groups in total. The minimum atomic E-state index is -0.987. The molecule has 0 radical (unpaired) electrons. The molecule has 0 unspecified atom stereocenters. The molecule has 0 bridgehead atoms. The van der Waals surface area contributed by atoms with E-state index >= 15 is 0 Å². The molecule has 1 atom stereocenters. The van der Waals surface area contributed by atoms with Gasteiger partial charge in [0.1, 0.15) is 17.8 Å². The molecule has 0 saturated carbocycles. The summed E-state index contributed by atoms with van der Waals surface area (Å²) in [5.41, 5.74) is 0.0704. The molecule has 2 heterocycles. The molecular weight excluding hydrogens is 346 g/mol. The molecule has 7 nitrogen and oxygen atoms in total. The number of amides is 4. The maximum absolute atomic E-state index is 12.8. The molecule has 1 aromatic carbocycles. The summed E-state index contributed by atoms with van der Waals surface area (Å²) in [4.78, 5) is 40.4. The first-order chi connectivity index (χ1) is 12.9. The minimum Gasteiger partial charge on any atom is -0.497 e. The van der Waals surface area contributed by atoms with Gasteiger partial charge >= 0.3 is 6.03 Å². The quantitative estimate of drug-likeness (QED) is 0.773. The maximum Gasteiger partial charge on any atom is 0.325 e. The molecule has 4 amide bonds. The van der Waals surface area contributed by atoms with Gasteiger partial charge in [-0.25, -0.2) is 4.79 Å². The van der Waals surface area contributed by atoms with Crippen molar-refractivity contribution in [1.82, 2.24) is 15.1 Å². The van der Waals surface area contributed by atoms with Crippen molar-refractivity contribution in [2.24, 2.45) is 0 Å². The van der Waals surface area contributed by atoms with Crippen LogP contribution in [0.4, 0.5) is 4.79 Å². The first-order valence-electron chi connectivity index (χ1n) is 9.48. The molecule has 2 aliphatic heterocycles. The molecule has 0 aromatic heterocycles. The molecule has 2 saturated heterocycles. The number of urea groups is 1. The highest BCUT2D eigenvalue weighted by molar-refractivity contribution is 6.08. The van der Waals surface area contributed by atoms with Crippen molar-refractivity contribution in [3.05, 3.63) is 29.8 Å². The van der Waals surface area contributed by atoms with Gasteiger partial charge < -0.3 is 15.0 Å². The fraction of sp³-hybridized carbons (Fsp3) is 0.550. The zero-order chi connectivity index (χ0) is 19.4. The predicted octanol–water partition coefficient (Wildman–Crippen LogP) is 1.95. The topological polar surface area (TPSA) is 79.0 Å². The smallest absolute Gasteiger partial charge is 0.325 e. The van der Waals surface area contributed by atoms with Crippen molar-refractivity contribution < 1.29 is 19.1 Å². The van der Waals surface area contributed by atoms with Crippen LogP contribution in [0.1, 0.15) is 38.2 Å². The number of carbonyl (C=O) groups excluding carboxylic acids is 3. The summed E-state index contributed by atoms with van der Waals surface area (Å²) in [7, 11) is 1.61. The second-order valence-corrected chi connectivity index (χ2v) is 7.44. The SMILES string of the molecule is COc1ccc(CC[C@]2(C)NC(=O)N(CC(=O)N3CCCCC3)C2=O)cc1. The fourth-order valence-corrected chi connectivity index (χ4v) is 3.63. The third-order valence-electron chi connectivity index (χ3n) is 5.42. The van der Waals surface area contributed by atoms with Gasteiger partial charge in [-0.05, 0) is 56.7 Å². The van der Waals surface area contributed by atoms with Gasteiger partial charge in [0.15, 0.2) is 0 Å². The lowest BCUT2D eigenvalue weighted by Gasteiger charge is -2.28. The van der Waals surface area contributed by atoms with E-state index < -0.39 is 11.6 Å². The maximum atomic E-state index is 12.8. The summed E-state index contributed by atoms with van der Waals surface area (Å²) in [5, 5.41) is 2.77. The van der Waals surface area contributed by atoms with Gasteiger partial charge in [0, 0.05) is 13.1 Å². The zero-order valence-electron chi connectivity index (χ0n) is 16.0. The highest BCUT2D eigenvalue weighted by atomic mass is 16.5. The lowest BCUT2D eigenvalue weighted by Crippen LogP contribution is -2.47. The number of nitrogens with zero attached hydrogens (tertiary/aromatic N) is 2. The number of likely N-dealkylation sites (tertiary alicyclic amines) is 1. The number of methoxy groups -OCH3 is 1. The minimum absolute atomic E-state index is 0.155. The van der Waals surface area contributed by atoms with Crippen LogP contribution in [0.15, 0.2) is 24.3 Å². The van der Waals surface area contributed by atoms with Gasteiger partial charge in [-0.1, -0.05) is 12.1 Å². The molecule has 2 fully saturated rings. The Hall–Kier alpha value is -2.57. The monoisotopic (exact) mass is 373 g/mol. The van der Waals surface area contributed by atoms with Crippen molar-refractivity contribution in [2.45, 2.75) is 44.6 Å². The van der Waals surface area contributed by atoms with Crippen LogP contribution < -0.4 is 10.1 Å². The third kappa shape index (κ3) is 4.23. The second-order valence-electron chi connectivity index (χ2n) is 7.44. The van der Waals surface area contributed by atoms with Gasteiger partial charge in [0.25, 0.3) is 5.91 Å². The summed E-state index contributed by atoms with van der Waals surface area (Å²) in [5.74, 6) is 0.293.